The fourth-order valence-electron chi connectivity index (χ4n) is 1.90. The van der Waals surface area contributed by atoms with E-state index in [1.807, 2.05) is 0 Å². The Morgan fingerprint density at radius 1 is 1.36 bits per heavy atom. The summed E-state index contributed by atoms with van der Waals surface area (Å²) in [4.78, 5) is 0. The molecule has 1 spiro atoms. The van der Waals surface area contributed by atoms with Gasteiger partial charge in [-0.15, -0.1) is 0 Å². The van der Waals surface area contributed by atoms with Crippen molar-refractivity contribution in [3.05, 3.63) is 0 Å². The molecule has 2 fully saturated rings. The van der Waals surface area contributed by atoms with Crippen LogP contribution in [0.4, 0.5) is 0 Å². The van der Waals surface area contributed by atoms with Gasteiger partial charge in [-0.3, -0.25) is 0 Å². The molecule has 0 aromatic rings. The van der Waals surface area contributed by atoms with E-state index in [1.54, 1.807) is 0 Å². The molecule has 1 aliphatic carbocycles. The van der Waals surface area contributed by atoms with Crippen molar-refractivity contribution in [3.8, 4) is 0 Å². The van der Waals surface area contributed by atoms with Crippen LogP contribution in [-0.4, -0.2) is 19.3 Å². The molecule has 0 aromatic carbocycles. The second-order valence-electron chi connectivity index (χ2n) is 4.05. The van der Waals surface area contributed by atoms with E-state index >= 15 is 0 Å². The highest BCUT2D eigenvalue weighted by Gasteiger charge is 2.45. The largest absolute Gasteiger partial charge is 0.378 e. The Morgan fingerprint density at radius 3 is 2.64 bits per heavy atom. The molecular formula is C9H17NO. The maximum atomic E-state index is 5.72. The molecule has 1 heterocycles. The minimum absolute atomic E-state index is 0.478. The number of hydrogen-bond acceptors (Lipinski definition) is 2. The third-order valence-corrected chi connectivity index (χ3v) is 3.07. The van der Waals surface area contributed by atoms with Gasteiger partial charge in [0.25, 0.3) is 0 Å². The van der Waals surface area contributed by atoms with Gasteiger partial charge in [0.1, 0.15) is 0 Å². The van der Waals surface area contributed by atoms with Gasteiger partial charge in [0.05, 0.1) is 12.7 Å². The molecule has 2 heteroatoms. The fraction of sp³-hybridized carbons (Fsp3) is 1.00. The number of hydrogen-bond donors (Lipinski definition) is 1. The maximum absolute atomic E-state index is 5.72. The summed E-state index contributed by atoms with van der Waals surface area (Å²) in [6.07, 6.45) is 6.97. The number of rotatable bonds is 2. The van der Waals surface area contributed by atoms with Crippen molar-refractivity contribution in [2.75, 3.05) is 13.2 Å². The molecule has 0 amide bonds. The Bertz CT molecular complexity index is 132. The maximum Gasteiger partial charge on any atom is 0.0587 e. The molecule has 0 aromatic heterocycles. The third-order valence-electron chi connectivity index (χ3n) is 3.07. The molecule has 0 bridgehead atoms. The molecule has 1 saturated heterocycles. The molecule has 0 radical (unpaired) electrons. The lowest BCUT2D eigenvalue weighted by molar-refractivity contribution is -0.0273. The smallest absolute Gasteiger partial charge is 0.0587 e. The van der Waals surface area contributed by atoms with Crippen LogP contribution in [0.15, 0.2) is 0 Å². The Kier molecular flexibility index (Phi) is 1.90. The van der Waals surface area contributed by atoms with E-state index < -0.39 is 0 Å². The molecule has 2 aliphatic rings. The topological polar surface area (TPSA) is 35.2 Å². The van der Waals surface area contributed by atoms with E-state index in [0.29, 0.717) is 11.5 Å². The van der Waals surface area contributed by atoms with Gasteiger partial charge in [-0.25, -0.2) is 0 Å². The minimum atomic E-state index is 0.478. The third kappa shape index (κ3) is 1.57. The highest BCUT2D eigenvalue weighted by Crippen LogP contribution is 2.52. The van der Waals surface area contributed by atoms with E-state index in [2.05, 4.69) is 0 Å². The quantitative estimate of drug-likeness (QED) is 0.652. The Balaban J connectivity index is 1.75. The highest BCUT2D eigenvalue weighted by atomic mass is 16.5. The van der Waals surface area contributed by atoms with Crippen molar-refractivity contribution in [2.45, 2.75) is 38.2 Å². The normalized spacial score (nSPS) is 34.1. The zero-order valence-corrected chi connectivity index (χ0v) is 7.01. The Labute approximate surface area is 68.1 Å². The molecule has 64 valence electrons. The molecule has 1 unspecified atom stereocenters. The van der Waals surface area contributed by atoms with Gasteiger partial charge in [-0.05, 0) is 44.1 Å². The van der Waals surface area contributed by atoms with Gasteiger partial charge in [-0.1, -0.05) is 0 Å². The summed E-state index contributed by atoms with van der Waals surface area (Å²) < 4.78 is 5.72. The monoisotopic (exact) mass is 155 g/mol. The average Bonchev–Trinajstić information content (AvgIpc) is 2.76. The summed E-state index contributed by atoms with van der Waals surface area (Å²) in [6, 6.07) is 0. The summed E-state index contributed by atoms with van der Waals surface area (Å²) in [5.41, 5.74) is 6.11. The van der Waals surface area contributed by atoms with E-state index in [0.717, 1.165) is 19.6 Å². The van der Waals surface area contributed by atoms with Crippen molar-refractivity contribution < 1.29 is 4.74 Å². The first-order valence-electron chi connectivity index (χ1n) is 4.66. The van der Waals surface area contributed by atoms with Crippen molar-refractivity contribution in [1.82, 2.24) is 0 Å². The van der Waals surface area contributed by atoms with Gasteiger partial charge in [0.2, 0.25) is 0 Å². The summed E-state index contributed by atoms with van der Waals surface area (Å²) in [5.74, 6) is 0. The van der Waals surface area contributed by atoms with Crippen molar-refractivity contribution >= 4 is 0 Å². The Morgan fingerprint density at radius 2 is 2.18 bits per heavy atom. The van der Waals surface area contributed by atoms with E-state index in [-0.39, 0.29) is 0 Å². The van der Waals surface area contributed by atoms with Crippen LogP contribution in [0.25, 0.3) is 0 Å². The van der Waals surface area contributed by atoms with Gasteiger partial charge in [0.15, 0.2) is 0 Å². The molecular weight excluding hydrogens is 138 g/mol. The molecule has 11 heavy (non-hydrogen) atoms. The van der Waals surface area contributed by atoms with Crippen LogP contribution in [-0.2, 0) is 4.74 Å². The second-order valence-corrected chi connectivity index (χ2v) is 4.05. The van der Waals surface area contributed by atoms with Crippen LogP contribution in [0, 0.1) is 5.41 Å². The lowest BCUT2D eigenvalue weighted by atomic mass is 9.95. The average molecular weight is 155 g/mol. The predicted molar refractivity (Wildman–Crippen MR) is 44.3 cm³/mol. The summed E-state index contributed by atoms with van der Waals surface area (Å²) in [7, 11) is 0. The second kappa shape index (κ2) is 2.76. The summed E-state index contributed by atoms with van der Waals surface area (Å²) in [6.45, 7) is 1.79. The van der Waals surface area contributed by atoms with Crippen LogP contribution in [0.3, 0.4) is 0 Å². The lowest BCUT2D eigenvalue weighted by Crippen LogP contribution is -2.28. The SMILES string of the molecule is NCCC1CCC2(CC2)CO1. The van der Waals surface area contributed by atoms with Gasteiger partial charge in [0, 0.05) is 0 Å². The summed E-state index contributed by atoms with van der Waals surface area (Å²) in [5, 5.41) is 0. The van der Waals surface area contributed by atoms with Crippen LogP contribution in [0.2, 0.25) is 0 Å². The molecule has 1 saturated carbocycles. The van der Waals surface area contributed by atoms with Gasteiger partial charge < -0.3 is 10.5 Å². The van der Waals surface area contributed by atoms with Crippen LogP contribution >= 0.6 is 0 Å². The first-order valence-corrected chi connectivity index (χ1v) is 4.66. The first-order chi connectivity index (χ1) is 5.35. The van der Waals surface area contributed by atoms with Crippen LogP contribution in [0.1, 0.15) is 32.1 Å². The molecule has 1 aliphatic heterocycles. The molecule has 1 atom stereocenters. The lowest BCUT2D eigenvalue weighted by Gasteiger charge is -2.28. The molecule has 2 nitrogen and oxygen atoms in total. The van der Waals surface area contributed by atoms with Crippen LogP contribution < -0.4 is 5.73 Å². The van der Waals surface area contributed by atoms with Crippen LogP contribution in [0.5, 0.6) is 0 Å². The van der Waals surface area contributed by atoms with E-state index in [4.69, 9.17) is 10.5 Å². The fourth-order valence-corrected chi connectivity index (χ4v) is 1.90. The highest BCUT2D eigenvalue weighted by molar-refractivity contribution is 4.95. The van der Waals surface area contributed by atoms with Crippen molar-refractivity contribution in [3.63, 3.8) is 0 Å². The van der Waals surface area contributed by atoms with E-state index in [9.17, 15) is 0 Å². The Hall–Kier alpha value is -0.0800. The van der Waals surface area contributed by atoms with Crippen molar-refractivity contribution in [1.29, 1.82) is 0 Å². The first kappa shape index (κ1) is 7.56. The predicted octanol–water partition coefficient (Wildman–Crippen LogP) is 1.29. The molecule has 2 N–H and O–H groups in total. The standard InChI is InChI=1S/C9H17NO/c10-6-2-8-1-3-9(4-5-9)7-11-8/h8H,1-7,10H2. The zero-order chi connectivity index (χ0) is 7.73. The van der Waals surface area contributed by atoms with Crippen molar-refractivity contribution in [2.24, 2.45) is 11.1 Å². The minimum Gasteiger partial charge on any atom is -0.378 e. The zero-order valence-electron chi connectivity index (χ0n) is 7.01. The van der Waals surface area contributed by atoms with E-state index in [1.165, 1.54) is 25.7 Å². The van der Waals surface area contributed by atoms with Gasteiger partial charge in [-0.2, -0.15) is 0 Å². The summed E-state index contributed by atoms with van der Waals surface area (Å²) >= 11 is 0. The van der Waals surface area contributed by atoms with Gasteiger partial charge >= 0.3 is 0 Å². The number of ether oxygens (including phenoxy) is 1. The molecule has 2 rings (SSSR count). The number of nitrogens with two attached hydrogens (primary N) is 1.